The van der Waals surface area contributed by atoms with Crippen LogP contribution in [0.25, 0.3) is 22.4 Å². The molecule has 0 bridgehead atoms. The average Bonchev–Trinajstić information content (AvgIpc) is 3.32. The van der Waals surface area contributed by atoms with Crippen LogP contribution >= 0.6 is 0 Å². The van der Waals surface area contributed by atoms with Crippen molar-refractivity contribution in [1.82, 2.24) is 9.78 Å². The van der Waals surface area contributed by atoms with E-state index in [1.54, 1.807) is 6.07 Å². The van der Waals surface area contributed by atoms with Crippen molar-refractivity contribution < 1.29 is 35.9 Å². The Labute approximate surface area is 193 Å². The van der Waals surface area contributed by atoms with Gasteiger partial charge < -0.3 is 10.1 Å². The molecule has 1 N–H and O–H groups in total. The molecular weight excluding hydrogens is 476 g/mol. The zero-order chi connectivity index (χ0) is 25.0. The molecule has 5 rings (SSSR count). The minimum Gasteiger partial charge on any atom is -0.427 e. The summed E-state index contributed by atoms with van der Waals surface area (Å²) in [4.78, 5) is 12.8. The van der Waals surface area contributed by atoms with E-state index in [-0.39, 0.29) is 11.4 Å². The first kappa shape index (κ1) is 22.5. The van der Waals surface area contributed by atoms with Gasteiger partial charge in [0, 0.05) is 23.0 Å². The van der Waals surface area contributed by atoms with E-state index >= 15 is 0 Å². The predicted molar refractivity (Wildman–Crippen MR) is 113 cm³/mol. The number of hydrogen-bond donors (Lipinski definition) is 1. The molecule has 1 aromatic heterocycles. The first-order valence-corrected chi connectivity index (χ1v) is 10.1. The van der Waals surface area contributed by atoms with Crippen LogP contribution in [0.1, 0.15) is 5.56 Å². The van der Waals surface area contributed by atoms with Crippen LogP contribution in [0, 0.1) is 11.6 Å². The topological polar surface area (TPSA) is 56.1 Å². The number of hydrogen-bond acceptors (Lipinski definition) is 3. The molecule has 0 atom stereocenters. The van der Waals surface area contributed by atoms with Gasteiger partial charge in [-0.1, -0.05) is 24.3 Å². The summed E-state index contributed by atoms with van der Waals surface area (Å²) in [7, 11) is 0. The molecule has 178 valence electrons. The third-order valence-corrected chi connectivity index (χ3v) is 5.35. The molecule has 0 spiro atoms. The van der Waals surface area contributed by atoms with Gasteiger partial charge >= 0.3 is 18.1 Å². The second-order valence-corrected chi connectivity index (χ2v) is 7.69. The van der Waals surface area contributed by atoms with Gasteiger partial charge in [0.1, 0.15) is 23.1 Å². The maximum absolute atomic E-state index is 14.0. The van der Waals surface area contributed by atoms with E-state index < -0.39 is 41.0 Å². The summed E-state index contributed by atoms with van der Waals surface area (Å²) >= 11 is 0. The fourth-order valence-electron chi connectivity index (χ4n) is 3.65. The molecule has 2 heterocycles. The van der Waals surface area contributed by atoms with Gasteiger partial charge in [0.25, 0.3) is 0 Å². The molecule has 0 radical (unpaired) electrons. The van der Waals surface area contributed by atoms with Gasteiger partial charge in [0.05, 0.1) is 5.56 Å². The van der Waals surface area contributed by atoms with Crippen molar-refractivity contribution in [3.63, 3.8) is 0 Å². The summed E-state index contributed by atoms with van der Waals surface area (Å²) in [5.74, 6) is -6.34. The minimum atomic E-state index is -4.72. The first-order chi connectivity index (χ1) is 16.5. The minimum absolute atomic E-state index is 0.194. The first-order valence-electron chi connectivity index (χ1n) is 10.1. The van der Waals surface area contributed by atoms with Gasteiger partial charge in [0.2, 0.25) is 0 Å². The van der Waals surface area contributed by atoms with E-state index in [9.17, 15) is 31.1 Å². The van der Waals surface area contributed by atoms with Crippen molar-refractivity contribution in [3.8, 4) is 28.1 Å². The summed E-state index contributed by atoms with van der Waals surface area (Å²) in [6, 6.07) is 12.5. The zero-order valence-electron chi connectivity index (χ0n) is 17.4. The lowest BCUT2D eigenvalue weighted by Gasteiger charge is -2.16. The highest BCUT2D eigenvalue weighted by Gasteiger charge is 2.66. The number of nitrogens with zero attached hydrogens (tertiary/aromatic N) is 2. The Bertz CT molecular complexity index is 1450. The maximum Gasteiger partial charge on any atom is 0.469 e. The highest BCUT2D eigenvalue weighted by atomic mass is 19.3. The molecule has 0 fully saturated rings. The molecule has 0 unspecified atom stereocenters. The lowest BCUT2D eigenvalue weighted by Crippen LogP contribution is -2.37. The number of nitrogens with one attached hydrogen (secondary N) is 1. The van der Waals surface area contributed by atoms with Crippen LogP contribution in [0.15, 0.2) is 72.9 Å². The van der Waals surface area contributed by atoms with Gasteiger partial charge in [-0.05, 0) is 48.0 Å². The van der Waals surface area contributed by atoms with E-state index in [2.05, 4.69) is 15.2 Å². The lowest BCUT2D eigenvalue weighted by atomic mass is 10.0. The Morgan fingerprint density at radius 1 is 0.886 bits per heavy atom. The molecule has 35 heavy (non-hydrogen) atoms. The number of alkyl halides is 4. The van der Waals surface area contributed by atoms with Crippen LogP contribution in [0.3, 0.4) is 0 Å². The summed E-state index contributed by atoms with van der Waals surface area (Å²) in [5.41, 5.74) is 0.0711. The standard InChI is InChI=1S/C24H13F6N3O2/c25-15-6-4-13(5-7-15)18-12-33(32-21(18)14-2-1-3-16(26)10-14)22(34)31-17-8-9-20-19(11-17)23(27,28)24(29,30)35-20/h1-12H,(H,31,34). The van der Waals surface area contributed by atoms with Crippen molar-refractivity contribution in [2.75, 3.05) is 5.32 Å². The van der Waals surface area contributed by atoms with Crippen LogP contribution < -0.4 is 10.1 Å². The second-order valence-electron chi connectivity index (χ2n) is 7.69. The number of aromatic nitrogens is 2. The molecule has 1 aliphatic heterocycles. The number of fused-ring (bicyclic) bond motifs is 1. The molecule has 5 nitrogen and oxygen atoms in total. The van der Waals surface area contributed by atoms with Gasteiger partial charge in [0.15, 0.2) is 0 Å². The van der Waals surface area contributed by atoms with E-state index in [4.69, 9.17) is 0 Å². The Kier molecular flexibility index (Phi) is 5.08. The molecule has 11 heteroatoms. The number of amides is 1. The number of carbonyl (C=O) groups is 1. The van der Waals surface area contributed by atoms with Crippen molar-refractivity contribution in [3.05, 3.63) is 90.1 Å². The van der Waals surface area contributed by atoms with E-state index in [0.29, 0.717) is 22.8 Å². The largest absolute Gasteiger partial charge is 0.469 e. The highest BCUT2D eigenvalue weighted by molar-refractivity contribution is 5.93. The molecule has 0 saturated carbocycles. The van der Waals surface area contributed by atoms with E-state index in [1.165, 1.54) is 48.7 Å². The van der Waals surface area contributed by atoms with E-state index in [1.807, 2.05) is 0 Å². The van der Waals surface area contributed by atoms with E-state index in [0.717, 1.165) is 16.8 Å². The Morgan fingerprint density at radius 2 is 1.63 bits per heavy atom. The summed E-state index contributed by atoms with van der Waals surface area (Å²) in [5, 5.41) is 6.50. The van der Waals surface area contributed by atoms with Gasteiger partial charge in [-0.2, -0.15) is 27.3 Å². The zero-order valence-corrected chi connectivity index (χ0v) is 17.4. The normalized spacial score (nSPS) is 15.4. The average molecular weight is 489 g/mol. The summed E-state index contributed by atoms with van der Waals surface area (Å²) in [6.45, 7) is 0. The molecule has 0 aliphatic carbocycles. The fraction of sp³-hybridized carbons (Fsp3) is 0.0833. The predicted octanol–water partition coefficient (Wildman–Crippen LogP) is 6.65. The van der Waals surface area contributed by atoms with Crippen LogP contribution in [0.4, 0.5) is 36.8 Å². The number of benzene rings is 3. The van der Waals surface area contributed by atoms with Gasteiger partial charge in [-0.3, -0.25) is 0 Å². The van der Waals surface area contributed by atoms with Crippen LogP contribution in [-0.4, -0.2) is 21.9 Å². The number of halogens is 6. The molecular formula is C24H13F6N3O2. The lowest BCUT2D eigenvalue weighted by molar-refractivity contribution is -0.296. The van der Waals surface area contributed by atoms with Crippen molar-refractivity contribution in [1.29, 1.82) is 0 Å². The second kappa shape index (κ2) is 7.90. The third kappa shape index (κ3) is 3.88. The van der Waals surface area contributed by atoms with Crippen LogP contribution in [0.2, 0.25) is 0 Å². The summed E-state index contributed by atoms with van der Waals surface area (Å²) < 4.78 is 87.0. The maximum atomic E-state index is 14.0. The molecule has 3 aromatic carbocycles. The summed E-state index contributed by atoms with van der Waals surface area (Å²) in [6.07, 6.45) is -3.42. The molecule has 4 aromatic rings. The molecule has 1 aliphatic rings. The molecule has 1 amide bonds. The molecule has 0 saturated heterocycles. The smallest absolute Gasteiger partial charge is 0.427 e. The van der Waals surface area contributed by atoms with Crippen molar-refractivity contribution >= 4 is 11.7 Å². The van der Waals surface area contributed by atoms with Crippen LogP contribution in [0.5, 0.6) is 5.75 Å². The SMILES string of the molecule is O=C(Nc1ccc2c(c1)C(F)(F)C(F)(F)O2)n1cc(-c2ccc(F)cc2)c(-c2cccc(F)c2)n1. The number of carbonyl (C=O) groups excluding carboxylic acids is 1. The quantitative estimate of drug-likeness (QED) is 0.328. The monoisotopic (exact) mass is 489 g/mol. The Balaban J connectivity index is 1.51. The van der Waals surface area contributed by atoms with Gasteiger partial charge in [-0.25, -0.2) is 13.6 Å². The Morgan fingerprint density at radius 3 is 2.34 bits per heavy atom. The van der Waals surface area contributed by atoms with Crippen molar-refractivity contribution in [2.24, 2.45) is 0 Å². The van der Waals surface area contributed by atoms with Crippen molar-refractivity contribution in [2.45, 2.75) is 12.0 Å². The third-order valence-electron chi connectivity index (χ3n) is 5.35. The highest BCUT2D eigenvalue weighted by Crippen LogP contribution is 2.53. The number of rotatable bonds is 3. The van der Waals surface area contributed by atoms with Gasteiger partial charge in [-0.15, -0.1) is 0 Å². The number of ether oxygens (including phenoxy) is 1. The Hall–Kier alpha value is -4.28. The fourth-order valence-corrected chi connectivity index (χ4v) is 3.65. The van der Waals surface area contributed by atoms with Crippen LogP contribution in [-0.2, 0) is 5.92 Å². The number of anilines is 1.